The largest absolute Gasteiger partial charge is 0.390 e. The third-order valence-corrected chi connectivity index (χ3v) is 4.01. The van der Waals surface area contributed by atoms with E-state index in [1.165, 1.54) is 19.3 Å². The maximum atomic E-state index is 10.1. The molecule has 4 rings (SSSR count). The molecule has 0 spiro atoms. The first-order valence-corrected chi connectivity index (χ1v) is 6.56. The number of hydrogen-bond acceptors (Lipinski definition) is 1. The summed E-state index contributed by atoms with van der Waals surface area (Å²) in [5, 5.41) is 10.3. The Balaban J connectivity index is 0.000000226. The van der Waals surface area contributed by atoms with Crippen molar-refractivity contribution in [2.45, 2.75) is 44.1 Å². The lowest BCUT2D eigenvalue weighted by atomic mass is 9.54. The van der Waals surface area contributed by atoms with Crippen molar-refractivity contribution in [3.8, 4) is 0 Å². The number of hydrogen-bond donors (Lipinski definition) is 1. The zero-order valence-corrected chi connectivity index (χ0v) is 9.90. The van der Waals surface area contributed by atoms with E-state index in [1.54, 1.807) is 0 Å². The van der Waals surface area contributed by atoms with Crippen molar-refractivity contribution in [1.82, 2.24) is 0 Å². The fourth-order valence-electron chi connectivity index (χ4n) is 4.06. The van der Waals surface area contributed by atoms with E-state index >= 15 is 0 Å². The number of rotatable bonds is 0. The van der Waals surface area contributed by atoms with Crippen LogP contribution in [0.25, 0.3) is 0 Å². The molecule has 0 atom stereocenters. The van der Waals surface area contributed by atoms with Crippen molar-refractivity contribution in [1.29, 1.82) is 0 Å². The molecule has 0 heterocycles. The Morgan fingerprint density at radius 1 is 0.929 bits per heavy atom. The molecule has 4 fully saturated rings. The van der Waals surface area contributed by atoms with Crippen LogP contribution in [0.1, 0.15) is 38.5 Å². The Bertz CT molecular complexity index is 170. The molecule has 0 radical (unpaired) electrons. The number of alkyl halides is 2. The van der Waals surface area contributed by atoms with Gasteiger partial charge in [0.1, 0.15) is 0 Å². The topological polar surface area (TPSA) is 20.2 Å². The van der Waals surface area contributed by atoms with E-state index in [0.717, 1.165) is 37.0 Å². The summed E-state index contributed by atoms with van der Waals surface area (Å²) in [6.07, 6.45) is 7.66. The standard InChI is InChI=1S/C10H16O.CH2Cl2/c11-10-4-7-1-8(5-10)3-9(2-7)6-10;2-1-3/h7-9,11H,1-6H2;1H2. The highest BCUT2D eigenvalue weighted by molar-refractivity contribution is 6.40. The van der Waals surface area contributed by atoms with Gasteiger partial charge in [-0.1, -0.05) is 0 Å². The van der Waals surface area contributed by atoms with E-state index in [0.29, 0.717) is 0 Å². The number of halogens is 2. The zero-order valence-electron chi connectivity index (χ0n) is 8.38. The van der Waals surface area contributed by atoms with Crippen LogP contribution in [0.15, 0.2) is 0 Å². The van der Waals surface area contributed by atoms with Gasteiger partial charge in [-0.25, -0.2) is 0 Å². The minimum Gasteiger partial charge on any atom is -0.390 e. The van der Waals surface area contributed by atoms with Gasteiger partial charge in [-0.3, -0.25) is 0 Å². The van der Waals surface area contributed by atoms with Gasteiger partial charge >= 0.3 is 0 Å². The number of aliphatic hydroxyl groups is 1. The van der Waals surface area contributed by atoms with Crippen LogP contribution in [0.5, 0.6) is 0 Å². The molecule has 4 saturated carbocycles. The van der Waals surface area contributed by atoms with Crippen molar-refractivity contribution >= 4 is 23.2 Å². The molecular formula is C11H18Cl2O. The first kappa shape index (κ1) is 11.0. The molecule has 0 aromatic heterocycles. The summed E-state index contributed by atoms with van der Waals surface area (Å²) in [5.41, 5.74) is -0.200. The second kappa shape index (κ2) is 4.19. The molecule has 0 unspecified atom stereocenters. The van der Waals surface area contributed by atoms with Crippen molar-refractivity contribution in [3.05, 3.63) is 0 Å². The van der Waals surface area contributed by atoms with Crippen LogP contribution in [0, 0.1) is 17.8 Å². The van der Waals surface area contributed by atoms with Crippen LogP contribution < -0.4 is 0 Å². The van der Waals surface area contributed by atoms with Gasteiger partial charge in [-0.2, -0.15) is 0 Å². The van der Waals surface area contributed by atoms with Gasteiger partial charge in [0.2, 0.25) is 0 Å². The maximum Gasteiger partial charge on any atom is 0.0967 e. The first-order chi connectivity index (χ1) is 6.65. The lowest BCUT2D eigenvalue weighted by Crippen LogP contribution is -2.50. The molecule has 0 aromatic rings. The van der Waals surface area contributed by atoms with Crippen LogP contribution in [0.4, 0.5) is 0 Å². The Hall–Kier alpha value is 0.540. The monoisotopic (exact) mass is 236 g/mol. The summed E-state index contributed by atoms with van der Waals surface area (Å²) < 4.78 is 0. The molecule has 0 amide bonds. The van der Waals surface area contributed by atoms with E-state index in [4.69, 9.17) is 23.2 Å². The Kier molecular flexibility index (Phi) is 3.30. The molecule has 0 aliphatic heterocycles. The van der Waals surface area contributed by atoms with Crippen LogP contribution >= 0.6 is 23.2 Å². The SMILES string of the molecule is ClCCl.OC12CC3CC(CC(C3)C1)C2. The van der Waals surface area contributed by atoms with Gasteiger partial charge in [0.15, 0.2) is 0 Å². The van der Waals surface area contributed by atoms with Gasteiger partial charge in [0.05, 0.1) is 10.9 Å². The van der Waals surface area contributed by atoms with Crippen LogP contribution in [0.2, 0.25) is 0 Å². The first-order valence-electron chi connectivity index (χ1n) is 5.49. The molecule has 0 aromatic carbocycles. The average Bonchev–Trinajstić information content (AvgIpc) is 1.99. The van der Waals surface area contributed by atoms with Crippen molar-refractivity contribution in [2.24, 2.45) is 17.8 Å². The second-order valence-electron chi connectivity index (χ2n) is 5.24. The van der Waals surface area contributed by atoms with E-state index in [1.807, 2.05) is 0 Å². The average molecular weight is 237 g/mol. The van der Waals surface area contributed by atoms with Crippen LogP contribution in [-0.4, -0.2) is 16.0 Å². The van der Waals surface area contributed by atoms with E-state index in [2.05, 4.69) is 0 Å². The van der Waals surface area contributed by atoms with E-state index in [9.17, 15) is 5.11 Å². The summed E-state index contributed by atoms with van der Waals surface area (Å²) >= 11 is 9.53. The minimum absolute atomic E-state index is 0.194. The lowest BCUT2D eigenvalue weighted by molar-refractivity contribution is -0.124. The molecule has 4 aliphatic carbocycles. The molecule has 1 nitrogen and oxygen atoms in total. The highest BCUT2D eigenvalue weighted by Gasteiger charge is 2.49. The third kappa shape index (κ3) is 2.20. The third-order valence-electron chi connectivity index (χ3n) is 4.01. The molecule has 14 heavy (non-hydrogen) atoms. The van der Waals surface area contributed by atoms with Crippen molar-refractivity contribution in [2.75, 3.05) is 5.34 Å². The summed E-state index contributed by atoms with van der Waals surface area (Å²) in [6, 6.07) is 0. The van der Waals surface area contributed by atoms with Gasteiger partial charge in [-0.05, 0) is 56.3 Å². The molecular weight excluding hydrogens is 219 g/mol. The summed E-state index contributed by atoms with van der Waals surface area (Å²) in [5.74, 6) is 2.68. The van der Waals surface area contributed by atoms with Gasteiger partial charge < -0.3 is 5.11 Å². The fraction of sp³-hybridized carbons (Fsp3) is 1.00. The minimum atomic E-state index is -0.200. The Labute approximate surface area is 95.8 Å². The normalized spacial score (nSPS) is 48.6. The van der Waals surface area contributed by atoms with Gasteiger partial charge in [0.25, 0.3) is 0 Å². The fourth-order valence-corrected chi connectivity index (χ4v) is 4.06. The predicted octanol–water partition coefficient (Wildman–Crippen LogP) is 3.37. The molecule has 82 valence electrons. The molecule has 3 heteroatoms. The van der Waals surface area contributed by atoms with Crippen LogP contribution in [0.3, 0.4) is 0 Å². The smallest absolute Gasteiger partial charge is 0.0967 e. The summed E-state index contributed by atoms with van der Waals surface area (Å²) in [6.45, 7) is 0. The molecule has 4 bridgehead atoms. The van der Waals surface area contributed by atoms with Gasteiger partial charge in [0, 0.05) is 0 Å². The van der Waals surface area contributed by atoms with Gasteiger partial charge in [-0.15, -0.1) is 23.2 Å². The van der Waals surface area contributed by atoms with E-state index < -0.39 is 0 Å². The van der Waals surface area contributed by atoms with Crippen LogP contribution in [-0.2, 0) is 0 Å². The van der Waals surface area contributed by atoms with Crippen molar-refractivity contribution < 1.29 is 5.11 Å². The summed E-state index contributed by atoms with van der Waals surface area (Å²) in [7, 11) is 0. The lowest BCUT2D eigenvalue weighted by Gasteiger charge is -2.54. The Morgan fingerprint density at radius 3 is 1.43 bits per heavy atom. The maximum absolute atomic E-state index is 10.1. The Morgan fingerprint density at radius 2 is 1.21 bits per heavy atom. The highest BCUT2D eigenvalue weighted by atomic mass is 35.5. The van der Waals surface area contributed by atoms with Crippen molar-refractivity contribution in [3.63, 3.8) is 0 Å². The summed E-state index contributed by atoms with van der Waals surface area (Å²) in [4.78, 5) is 0. The highest BCUT2D eigenvalue weighted by Crippen LogP contribution is 2.55. The quantitative estimate of drug-likeness (QED) is 0.640. The predicted molar refractivity (Wildman–Crippen MR) is 59.7 cm³/mol. The molecule has 0 saturated heterocycles. The molecule has 1 N–H and O–H groups in total. The molecule has 4 aliphatic rings. The van der Waals surface area contributed by atoms with E-state index in [-0.39, 0.29) is 10.9 Å². The zero-order chi connectivity index (χ0) is 10.2. The second-order valence-corrected chi connectivity index (χ2v) is 6.05.